The number of hydrogen-bond donors (Lipinski definition) is 1. The maximum atomic E-state index is 14.0. The van der Waals surface area contributed by atoms with Gasteiger partial charge in [0.1, 0.15) is 13.1 Å². The lowest BCUT2D eigenvalue weighted by atomic mass is 9.67. The van der Waals surface area contributed by atoms with Crippen molar-refractivity contribution >= 4 is 22.0 Å². The van der Waals surface area contributed by atoms with E-state index in [-0.39, 0.29) is 29.3 Å². The van der Waals surface area contributed by atoms with E-state index in [1.54, 1.807) is 0 Å². The summed E-state index contributed by atoms with van der Waals surface area (Å²) in [4.78, 5) is 27.9. The van der Waals surface area contributed by atoms with Gasteiger partial charge in [-0.15, -0.1) is 0 Å². The zero-order valence-electron chi connectivity index (χ0n) is 20.9. The molecule has 2 heterocycles. The molecule has 0 saturated carbocycles. The summed E-state index contributed by atoms with van der Waals surface area (Å²) in [5.41, 5.74) is 2.53. The van der Waals surface area contributed by atoms with Crippen LogP contribution in [-0.4, -0.2) is 73.0 Å². The average Bonchev–Trinajstić information content (AvgIpc) is 2.93. The van der Waals surface area contributed by atoms with Gasteiger partial charge >= 0.3 is 0 Å². The number of ketones is 2. The summed E-state index contributed by atoms with van der Waals surface area (Å²) in [6.45, 7) is 4.53. The van der Waals surface area contributed by atoms with Gasteiger partial charge in [-0.25, -0.2) is 8.42 Å². The first-order chi connectivity index (χ1) is 18.2. The minimum absolute atomic E-state index is 0.138. The molecule has 8 nitrogen and oxygen atoms in total. The predicted octanol–water partition coefficient (Wildman–Crippen LogP) is 3.63. The Morgan fingerprint density at radius 1 is 0.737 bits per heavy atom. The maximum Gasteiger partial charge on any atom is 0.215 e. The largest absolute Gasteiger partial charge is 0.726 e. The third kappa shape index (κ3) is 7.00. The Kier molecular flexibility index (Phi) is 8.86. The van der Waals surface area contributed by atoms with Crippen molar-refractivity contribution in [2.45, 2.75) is 5.92 Å². The molecule has 0 aromatic heterocycles. The molecule has 0 aliphatic carbocycles. The van der Waals surface area contributed by atoms with E-state index < -0.39 is 10.4 Å². The molecular formula is C29H31NO7S. The molecule has 200 valence electrons. The Morgan fingerprint density at radius 3 is 1.50 bits per heavy atom. The molecule has 1 N–H and O–H groups in total. The number of nitrogens with zero attached hydrogens (tertiary/aromatic N) is 1. The predicted molar refractivity (Wildman–Crippen MR) is 141 cm³/mol. The van der Waals surface area contributed by atoms with E-state index in [1.807, 2.05) is 78.9 Å². The Hall–Kier alpha value is -3.21. The van der Waals surface area contributed by atoms with Crippen molar-refractivity contribution in [3.05, 3.63) is 108 Å². The van der Waals surface area contributed by atoms with Crippen LogP contribution in [0.5, 0.6) is 0 Å². The van der Waals surface area contributed by atoms with Gasteiger partial charge in [0.25, 0.3) is 0 Å². The fourth-order valence-corrected chi connectivity index (χ4v) is 5.78. The van der Waals surface area contributed by atoms with Crippen LogP contribution < -0.4 is 0 Å². The highest BCUT2D eigenvalue weighted by atomic mass is 32.3. The number of carbonyl (C=O) groups excluding carboxylic acids is 2. The Morgan fingerprint density at radius 2 is 1.11 bits per heavy atom. The fourth-order valence-electron chi connectivity index (χ4n) is 5.78. The van der Waals surface area contributed by atoms with Gasteiger partial charge in [-0.1, -0.05) is 91.0 Å². The molecule has 0 amide bonds. The Bertz CT molecular complexity index is 1250. The number of Topliss-reactive ketones (excluding diaryl/α,β-unsaturated/α-hetero) is 2. The third-order valence-electron chi connectivity index (χ3n) is 7.43. The lowest BCUT2D eigenvalue weighted by molar-refractivity contribution is -0.944. The van der Waals surface area contributed by atoms with E-state index in [4.69, 9.17) is 22.3 Å². The molecule has 0 radical (unpaired) electrons. The SMILES string of the molecule is O=C(c1ccccc1)C1C[N+]2(CCOCC2)CC(C(=O)c2ccccc2)C1c1ccccc1.O=S(=O)([O-])O. The first kappa shape index (κ1) is 27.8. The summed E-state index contributed by atoms with van der Waals surface area (Å²) in [6, 6.07) is 29.3. The molecule has 2 aliphatic rings. The molecule has 2 saturated heterocycles. The molecule has 2 aliphatic heterocycles. The van der Waals surface area contributed by atoms with E-state index in [0.29, 0.717) is 13.2 Å². The standard InChI is InChI=1S/C29H30NO3.H2O4S/c31-28(23-12-6-2-7-13-23)25-20-30(16-18-33-19-17-30)21-26(27(25)22-10-4-1-5-11-22)29(32)24-14-8-3-9-15-24;1-5(2,3)4/h1-15,25-27H,16-21H2;(H2,1,2,3,4)/q+1;/p-1. The molecule has 2 fully saturated rings. The van der Waals surface area contributed by atoms with Crippen molar-refractivity contribution in [3.63, 3.8) is 0 Å². The highest BCUT2D eigenvalue weighted by Crippen LogP contribution is 2.43. The van der Waals surface area contributed by atoms with Crippen LogP contribution in [0.4, 0.5) is 0 Å². The van der Waals surface area contributed by atoms with E-state index in [1.165, 1.54) is 0 Å². The summed E-state index contributed by atoms with van der Waals surface area (Å²) in [5, 5.41) is 0. The van der Waals surface area contributed by atoms with Crippen LogP contribution in [-0.2, 0) is 15.1 Å². The van der Waals surface area contributed by atoms with Gasteiger partial charge in [-0.05, 0) is 5.56 Å². The van der Waals surface area contributed by atoms with Gasteiger partial charge in [0.2, 0.25) is 10.4 Å². The number of rotatable bonds is 5. The van der Waals surface area contributed by atoms with Crippen molar-refractivity contribution in [1.29, 1.82) is 0 Å². The Labute approximate surface area is 223 Å². The van der Waals surface area contributed by atoms with Crippen molar-refractivity contribution in [2.24, 2.45) is 11.8 Å². The lowest BCUT2D eigenvalue weighted by Gasteiger charge is -2.51. The quantitative estimate of drug-likeness (QED) is 0.228. The Balaban J connectivity index is 0.000000617. The lowest BCUT2D eigenvalue weighted by Crippen LogP contribution is -2.65. The number of hydrogen-bond acceptors (Lipinski definition) is 6. The number of quaternary nitrogens is 1. The second kappa shape index (κ2) is 12.1. The molecule has 1 spiro atoms. The van der Waals surface area contributed by atoms with Gasteiger partial charge in [0, 0.05) is 17.0 Å². The average molecular weight is 538 g/mol. The molecule has 38 heavy (non-hydrogen) atoms. The molecular weight excluding hydrogens is 506 g/mol. The summed E-state index contributed by atoms with van der Waals surface area (Å²) in [6.07, 6.45) is 0. The number of carbonyl (C=O) groups is 2. The number of morpholine rings is 1. The summed E-state index contributed by atoms with van der Waals surface area (Å²) >= 11 is 0. The van der Waals surface area contributed by atoms with Crippen molar-refractivity contribution < 1.29 is 36.3 Å². The second-order valence-electron chi connectivity index (χ2n) is 9.80. The van der Waals surface area contributed by atoms with Crippen LogP contribution in [0.1, 0.15) is 32.2 Å². The van der Waals surface area contributed by atoms with Crippen LogP contribution in [0, 0.1) is 11.8 Å². The van der Waals surface area contributed by atoms with Crippen molar-refractivity contribution in [3.8, 4) is 0 Å². The zero-order chi connectivity index (χ0) is 27.2. The summed E-state index contributed by atoms with van der Waals surface area (Å²) < 4.78 is 39.3. The van der Waals surface area contributed by atoms with Crippen LogP contribution in [0.15, 0.2) is 91.0 Å². The van der Waals surface area contributed by atoms with Crippen LogP contribution in [0.2, 0.25) is 0 Å². The van der Waals surface area contributed by atoms with E-state index in [9.17, 15) is 9.59 Å². The highest BCUT2D eigenvalue weighted by Gasteiger charge is 2.52. The number of benzene rings is 3. The molecule has 9 heteroatoms. The van der Waals surface area contributed by atoms with Gasteiger partial charge in [-0.3, -0.25) is 14.1 Å². The highest BCUT2D eigenvalue weighted by molar-refractivity contribution is 7.79. The monoisotopic (exact) mass is 537 g/mol. The van der Waals surface area contributed by atoms with Crippen LogP contribution in [0.3, 0.4) is 0 Å². The molecule has 2 atom stereocenters. The maximum absolute atomic E-state index is 14.0. The van der Waals surface area contributed by atoms with E-state index >= 15 is 0 Å². The van der Waals surface area contributed by atoms with Crippen molar-refractivity contribution in [2.75, 3.05) is 39.4 Å². The van der Waals surface area contributed by atoms with Gasteiger partial charge < -0.3 is 13.8 Å². The molecule has 3 aromatic rings. The molecule has 5 rings (SSSR count). The first-order valence-corrected chi connectivity index (χ1v) is 13.9. The zero-order valence-corrected chi connectivity index (χ0v) is 21.7. The topological polar surface area (TPSA) is 121 Å². The first-order valence-electron chi connectivity index (χ1n) is 12.5. The molecule has 0 bridgehead atoms. The van der Waals surface area contributed by atoms with Gasteiger partial charge in [-0.2, -0.15) is 0 Å². The second-order valence-corrected chi connectivity index (χ2v) is 10.7. The summed E-state index contributed by atoms with van der Waals surface area (Å²) in [7, 11) is -4.92. The normalized spacial score (nSPS) is 22.6. The number of ether oxygens (including phenoxy) is 1. The number of piperidine rings is 1. The molecule has 2 unspecified atom stereocenters. The summed E-state index contributed by atoms with van der Waals surface area (Å²) in [5.74, 6) is -0.408. The van der Waals surface area contributed by atoms with E-state index in [2.05, 4.69) is 12.1 Å². The minimum Gasteiger partial charge on any atom is -0.726 e. The minimum atomic E-state index is -4.92. The van der Waals surface area contributed by atoms with Gasteiger partial charge in [0.05, 0.1) is 38.1 Å². The smallest absolute Gasteiger partial charge is 0.215 e. The fraction of sp³-hybridized carbons (Fsp3) is 0.310. The van der Waals surface area contributed by atoms with Gasteiger partial charge in [0.15, 0.2) is 11.6 Å². The third-order valence-corrected chi connectivity index (χ3v) is 7.43. The van der Waals surface area contributed by atoms with Crippen LogP contribution in [0.25, 0.3) is 0 Å². The van der Waals surface area contributed by atoms with Crippen LogP contribution >= 0.6 is 0 Å². The molecule has 3 aromatic carbocycles. The van der Waals surface area contributed by atoms with E-state index in [0.717, 1.165) is 47.4 Å². The van der Waals surface area contributed by atoms with Crippen molar-refractivity contribution in [1.82, 2.24) is 0 Å².